The van der Waals surface area contributed by atoms with Gasteiger partial charge in [-0.15, -0.1) is 0 Å². The van der Waals surface area contributed by atoms with Crippen LogP contribution in [0.4, 0.5) is 0 Å². The molecule has 0 aromatic carbocycles. The van der Waals surface area contributed by atoms with E-state index in [1.54, 1.807) is 34.6 Å². The maximum absolute atomic E-state index is 12.0. The first-order valence-electron chi connectivity index (χ1n) is 6.13. The van der Waals surface area contributed by atoms with Crippen LogP contribution >= 0.6 is 0 Å². The topological polar surface area (TPSA) is 80.4 Å². The van der Waals surface area contributed by atoms with Crippen molar-refractivity contribution in [3.8, 4) is 0 Å². The molecule has 0 amide bonds. The molecule has 0 spiro atoms. The fourth-order valence-electron chi connectivity index (χ4n) is 2.28. The second kappa shape index (κ2) is 6.09. The molecule has 5 heteroatoms. The highest BCUT2D eigenvalue weighted by Gasteiger charge is 2.44. The fourth-order valence-corrected chi connectivity index (χ4v) is 2.28. The van der Waals surface area contributed by atoms with E-state index >= 15 is 0 Å². The fraction of sp³-hybridized carbons (Fsp3) is 0.769. The number of rotatable bonds is 6. The lowest BCUT2D eigenvalue weighted by Gasteiger charge is -2.37. The highest BCUT2D eigenvalue weighted by atomic mass is 16.6. The standard InChI is InChI=1S/C13H23NO4/c1-8(2)12(15)11(6)13(16,9(3)4)10(5)7-14(17)18/h7-9,11,16H,1-6H3/b10-7+. The molecule has 0 aliphatic heterocycles. The van der Waals surface area contributed by atoms with Crippen molar-refractivity contribution in [1.82, 2.24) is 0 Å². The van der Waals surface area contributed by atoms with Crippen LogP contribution < -0.4 is 0 Å². The summed E-state index contributed by atoms with van der Waals surface area (Å²) in [6, 6.07) is 0. The van der Waals surface area contributed by atoms with Gasteiger partial charge in [0.15, 0.2) is 0 Å². The van der Waals surface area contributed by atoms with Crippen molar-refractivity contribution >= 4 is 5.78 Å². The summed E-state index contributed by atoms with van der Waals surface area (Å²) in [4.78, 5) is 22.0. The quantitative estimate of drug-likeness (QED) is 0.585. The molecule has 0 aromatic heterocycles. The monoisotopic (exact) mass is 257 g/mol. The molecule has 0 aliphatic rings. The van der Waals surface area contributed by atoms with Gasteiger partial charge in [0, 0.05) is 17.4 Å². The Morgan fingerprint density at radius 3 is 2.00 bits per heavy atom. The van der Waals surface area contributed by atoms with E-state index in [9.17, 15) is 20.0 Å². The molecule has 5 nitrogen and oxygen atoms in total. The molecule has 2 atom stereocenters. The van der Waals surface area contributed by atoms with E-state index in [0.717, 1.165) is 6.20 Å². The van der Waals surface area contributed by atoms with Crippen LogP contribution in [0.25, 0.3) is 0 Å². The van der Waals surface area contributed by atoms with Crippen LogP contribution in [-0.2, 0) is 4.79 Å². The number of aliphatic hydroxyl groups is 1. The zero-order valence-corrected chi connectivity index (χ0v) is 11.9. The Morgan fingerprint density at radius 2 is 1.72 bits per heavy atom. The maximum Gasteiger partial charge on any atom is 0.236 e. The summed E-state index contributed by atoms with van der Waals surface area (Å²) in [6.45, 7) is 10.1. The molecule has 0 bridgehead atoms. The minimum absolute atomic E-state index is 0.0951. The predicted octanol–water partition coefficient (Wildman–Crippen LogP) is 2.42. The van der Waals surface area contributed by atoms with Crippen LogP contribution in [0.5, 0.6) is 0 Å². The summed E-state index contributed by atoms with van der Waals surface area (Å²) in [7, 11) is 0. The number of hydrogen-bond donors (Lipinski definition) is 1. The normalized spacial score (nSPS) is 17.7. The molecule has 0 saturated heterocycles. The Labute approximate surface area is 108 Å². The van der Waals surface area contributed by atoms with E-state index in [1.165, 1.54) is 6.92 Å². The lowest BCUT2D eigenvalue weighted by atomic mass is 9.71. The number of nitro groups is 1. The third kappa shape index (κ3) is 3.38. The second-order valence-corrected chi connectivity index (χ2v) is 5.36. The number of hydrogen-bond acceptors (Lipinski definition) is 4. The van der Waals surface area contributed by atoms with Gasteiger partial charge < -0.3 is 5.11 Å². The molecule has 1 N–H and O–H groups in total. The van der Waals surface area contributed by atoms with E-state index < -0.39 is 16.4 Å². The molecule has 0 rings (SSSR count). The maximum atomic E-state index is 12.0. The van der Waals surface area contributed by atoms with E-state index in [2.05, 4.69) is 0 Å². The predicted molar refractivity (Wildman–Crippen MR) is 69.5 cm³/mol. The Hall–Kier alpha value is -1.23. The van der Waals surface area contributed by atoms with Gasteiger partial charge in [0.1, 0.15) is 11.4 Å². The highest BCUT2D eigenvalue weighted by molar-refractivity contribution is 5.84. The number of nitrogens with zero attached hydrogens (tertiary/aromatic N) is 1. The molecular formula is C13H23NO4. The average molecular weight is 257 g/mol. The molecule has 18 heavy (non-hydrogen) atoms. The van der Waals surface area contributed by atoms with Crippen LogP contribution in [0.2, 0.25) is 0 Å². The second-order valence-electron chi connectivity index (χ2n) is 5.36. The van der Waals surface area contributed by atoms with Gasteiger partial charge in [0.05, 0.1) is 4.92 Å². The van der Waals surface area contributed by atoms with Crippen LogP contribution in [0, 0.1) is 27.9 Å². The van der Waals surface area contributed by atoms with Gasteiger partial charge in [-0.2, -0.15) is 0 Å². The Kier molecular flexibility index (Phi) is 5.67. The van der Waals surface area contributed by atoms with Crippen LogP contribution in [0.3, 0.4) is 0 Å². The first-order valence-corrected chi connectivity index (χ1v) is 6.13. The van der Waals surface area contributed by atoms with Crippen molar-refractivity contribution in [3.05, 3.63) is 21.9 Å². The SMILES string of the molecule is C/C(=C\[N+](=O)[O-])C(O)(C(C)C)C(C)C(=O)C(C)C. The van der Waals surface area contributed by atoms with Gasteiger partial charge in [0.25, 0.3) is 0 Å². The van der Waals surface area contributed by atoms with Crippen molar-refractivity contribution in [2.24, 2.45) is 17.8 Å². The summed E-state index contributed by atoms with van der Waals surface area (Å²) >= 11 is 0. The number of carbonyl (C=O) groups excluding carboxylic acids is 1. The van der Waals surface area contributed by atoms with Crippen molar-refractivity contribution in [1.29, 1.82) is 0 Å². The van der Waals surface area contributed by atoms with Crippen molar-refractivity contribution < 1.29 is 14.8 Å². The Bertz CT molecular complexity index is 360. The summed E-state index contributed by atoms with van der Waals surface area (Å²) in [5, 5.41) is 21.2. The molecule has 0 heterocycles. The summed E-state index contributed by atoms with van der Waals surface area (Å²) in [6.07, 6.45) is 0.782. The largest absolute Gasteiger partial charge is 0.384 e. The van der Waals surface area contributed by atoms with Gasteiger partial charge >= 0.3 is 0 Å². The van der Waals surface area contributed by atoms with Gasteiger partial charge in [-0.3, -0.25) is 14.9 Å². The number of ketones is 1. The minimum atomic E-state index is -1.48. The molecular weight excluding hydrogens is 234 g/mol. The van der Waals surface area contributed by atoms with Crippen molar-refractivity contribution in [2.75, 3.05) is 0 Å². The first kappa shape index (κ1) is 16.8. The summed E-state index contributed by atoms with van der Waals surface area (Å²) in [5.41, 5.74) is -1.27. The first-order chi connectivity index (χ1) is 8.05. The highest BCUT2D eigenvalue weighted by Crippen LogP contribution is 2.35. The molecule has 104 valence electrons. The molecule has 2 unspecified atom stereocenters. The van der Waals surface area contributed by atoms with E-state index in [1.807, 2.05) is 0 Å². The van der Waals surface area contributed by atoms with Crippen molar-refractivity contribution in [3.63, 3.8) is 0 Å². The minimum Gasteiger partial charge on any atom is -0.384 e. The molecule has 0 fully saturated rings. The smallest absolute Gasteiger partial charge is 0.236 e. The molecule has 0 saturated carbocycles. The van der Waals surface area contributed by atoms with Crippen LogP contribution in [-0.4, -0.2) is 21.4 Å². The van der Waals surface area contributed by atoms with E-state index in [0.29, 0.717) is 0 Å². The van der Waals surface area contributed by atoms with Crippen LogP contribution in [0.1, 0.15) is 41.5 Å². The third-order valence-electron chi connectivity index (χ3n) is 3.47. The van der Waals surface area contributed by atoms with Gasteiger partial charge in [-0.1, -0.05) is 34.6 Å². The molecule has 0 aliphatic carbocycles. The average Bonchev–Trinajstić information content (AvgIpc) is 2.24. The number of Topliss-reactive ketones (excluding diaryl/α,β-unsaturated/α-hetero) is 1. The third-order valence-corrected chi connectivity index (χ3v) is 3.47. The van der Waals surface area contributed by atoms with Crippen molar-refractivity contribution in [2.45, 2.75) is 47.1 Å². The molecule has 0 radical (unpaired) electrons. The van der Waals surface area contributed by atoms with Gasteiger partial charge in [0.2, 0.25) is 6.20 Å². The summed E-state index contributed by atoms with van der Waals surface area (Å²) in [5.74, 6) is -1.27. The Morgan fingerprint density at radius 1 is 1.28 bits per heavy atom. The van der Waals surface area contributed by atoms with Gasteiger partial charge in [-0.05, 0) is 12.8 Å². The van der Waals surface area contributed by atoms with E-state index in [-0.39, 0.29) is 23.2 Å². The molecule has 0 aromatic rings. The van der Waals surface area contributed by atoms with E-state index in [4.69, 9.17) is 0 Å². The lowest BCUT2D eigenvalue weighted by Crippen LogP contribution is -2.47. The van der Waals surface area contributed by atoms with Gasteiger partial charge in [-0.25, -0.2) is 0 Å². The van der Waals surface area contributed by atoms with Crippen LogP contribution in [0.15, 0.2) is 11.8 Å². The zero-order valence-electron chi connectivity index (χ0n) is 11.9. The lowest BCUT2D eigenvalue weighted by molar-refractivity contribution is -0.404. The summed E-state index contributed by atoms with van der Waals surface area (Å²) < 4.78 is 0. The zero-order chi connectivity index (χ0) is 14.7. The Balaban J connectivity index is 5.54. The number of carbonyl (C=O) groups is 1.